The molecule has 0 aliphatic carbocycles. The first kappa shape index (κ1) is 7.94. The summed E-state index contributed by atoms with van der Waals surface area (Å²) in [6.07, 6.45) is 4.40. The molecule has 0 aromatic carbocycles. The molecule has 0 atom stereocenters. The molecular weight excluding hydrogens is 142 g/mol. The van der Waals surface area contributed by atoms with Gasteiger partial charge >= 0.3 is 0 Å². The molecule has 1 rings (SSSR count). The topological polar surface area (TPSA) is 71.8 Å². The predicted molar refractivity (Wildman–Crippen MR) is 41.2 cm³/mol. The second-order valence-electron chi connectivity index (χ2n) is 2.25. The van der Waals surface area contributed by atoms with Crippen LogP contribution in [0, 0.1) is 0 Å². The lowest BCUT2D eigenvalue weighted by molar-refractivity contribution is 0.0971. The number of rotatable bonds is 4. The van der Waals surface area contributed by atoms with Crippen molar-refractivity contribution in [1.82, 2.24) is 9.97 Å². The molecule has 0 spiro atoms. The minimum absolute atomic E-state index is 0.0282. The summed E-state index contributed by atoms with van der Waals surface area (Å²) in [5, 5.41) is 0. The van der Waals surface area contributed by atoms with Gasteiger partial charge in [0, 0.05) is 18.8 Å². The van der Waals surface area contributed by atoms with Gasteiger partial charge in [-0.3, -0.25) is 4.79 Å². The maximum atomic E-state index is 11.1. The molecule has 0 amide bonds. The van der Waals surface area contributed by atoms with E-state index >= 15 is 0 Å². The van der Waals surface area contributed by atoms with Crippen LogP contribution in [0.3, 0.4) is 0 Å². The minimum atomic E-state index is 0.0282. The van der Waals surface area contributed by atoms with E-state index in [1.807, 2.05) is 0 Å². The van der Waals surface area contributed by atoms with Crippen LogP contribution in [-0.4, -0.2) is 22.3 Å². The van der Waals surface area contributed by atoms with E-state index in [0.29, 0.717) is 18.8 Å². The predicted octanol–water partition coefficient (Wildman–Crippen LogP) is 0.331. The third-order valence-corrected chi connectivity index (χ3v) is 1.37. The Kier molecular flexibility index (Phi) is 2.80. The fourth-order valence-electron chi connectivity index (χ4n) is 0.799. The Morgan fingerprint density at radius 3 is 3.09 bits per heavy atom. The zero-order chi connectivity index (χ0) is 8.10. The van der Waals surface area contributed by atoms with Crippen molar-refractivity contribution in [2.45, 2.75) is 12.8 Å². The molecular formula is C7H11N3O. The maximum absolute atomic E-state index is 11.1. The number of ketones is 1. The normalized spacial score (nSPS) is 9.91. The fraction of sp³-hybridized carbons (Fsp3) is 0.429. The summed E-state index contributed by atoms with van der Waals surface area (Å²) in [5.74, 6) is 0.457. The highest BCUT2D eigenvalue weighted by atomic mass is 16.1. The van der Waals surface area contributed by atoms with Gasteiger partial charge in [-0.25, -0.2) is 4.98 Å². The second-order valence-corrected chi connectivity index (χ2v) is 2.25. The summed E-state index contributed by atoms with van der Waals surface area (Å²) in [5.41, 5.74) is 5.25. The Morgan fingerprint density at radius 2 is 2.55 bits per heavy atom. The van der Waals surface area contributed by atoms with Crippen LogP contribution in [0.5, 0.6) is 0 Å². The molecule has 4 heteroatoms. The molecule has 60 valence electrons. The first-order valence-corrected chi connectivity index (χ1v) is 3.57. The maximum Gasteiger partial charge on any atom is 0.198 e. The van der Waals surface area contributed by atoms with Crippen molar-refractivity contribution < 1.29 is 4.79 Å². The van der Waals surface area contributed by atoms with Gasteiger partial charge in [0.25, 0.3) is 0 Å². The smallest absolute Gasteiger partial charge is 0.198 e. The van der Waals surface area contributed by atoms with Crippen LogP contribution >= 0.6 is 0 Å². The number of nitrogens with two attached hydrogens (primary N) is 1. The highest BCUT2D eigenvalue weighted by Gasteiger charge is 2.05. The molecule has 11 heavy (non-hydrogen) atoms. The molecule has 3 N–H and O–H groups in total. The summed E-state index contributed by atoms with van der Waals surface area (Å²) in [4.78, 5) is 17.7. The van der Waals surface area contributed by atoms with Crippen LogP contribution in [0.4, 0.5) is 0 Å². The van der Waals surface area contributed by atoms with Crippen LogP contribution in [0.15, 0.2) is 12.4 Å². The fourth-order valence-corrected chi connectivity index (χ4v) is 0.799. The molecule has 0 saturated carbocycles. The van der Waals surface area contributed by atoms with Gasteiger partial charge in [0.2, 0.25) is 0 Å². The van der Waals surface area contributed by atoms with Gasteiger partial charge < -0.3 is 10.7 Å². The second kappa shape index (κ2) is 3.88. The third-order valence-electron chi connectivity index (χ3n) is 1.37. The highest BCUT2D eigenvalue weighted by molar-refractivity contribution is 5.92. The average Bonchev–Trinajstić information content (AvgIpc) is 2.52. The third kappa shape index (κ3) is 2.16. The van der Waals surface area contributed by atoms with Crippen molar-refractivity contribution in [3.8, 4) is 0 Å². The number of nitrogens with zero attached hydrogens (tertiary/aromatic N) is 1. The molecule has 1 aromatic heterocycles. The number of aromatic amines is 1. The van der Waals surface area contributed by atoms with Crippen LogP contribution in [0.2, 0.25) is 0 Å². The van der Waals surface area contributed by atoms with Crippen LogP contribution in [-0.2, 0) is 0 Å². The van der Waals surface area contributed by atoms with E-state index in [2.05, 4.69) is 9.97 Å². The van der Waals surface area contributed by atoms with E-state index in [9.17, 15) is 4.79 Å². The van der Waals surface area contributed by atoms with Gasteiger partial charge in [-0.15, -0.1) is 0 Å². The number of aromatic nitrogens is 2. The first-order chi connectivity index (χ1) is 5.34. The van der Waals surface area contributed by atoms with Crippen LogP contribution < -0.4 is 5.73 Å². The molecule has 0 radical (unpaired) electrons. The van der Waals surface area contributed by atoms with Crippen molar-refractivity contribution in [1.29, 1.82) is 0 Å². The molecule has 1 aromatic rings. The Hall–Kier alpha value is -1.16. The zero-order valence-electron chi connectivity index (χ0n) is 6.21. The Balaban J connectivity index is 2.43. The van der Waals surface area contributed by atoms with Crippen LogP contribution in [0.1, 0.15) is 23.5 Å². The standard InChI is InChI=1S/C7H11N3O/c8-3-1-2-6(11)7-9-4-5-10-7/h4-5H,1-3,8H2,(H,9,10). The average molecular weight is 153 g/mol. The van der Waals surface area contributed by atoms with Gasteiger partial charge in [0.15, 0.2) is 11.6 Å². The van der Waals surface area contributed by atoms with E-state index in [0.717, 1.165) is 6.42 Å². The molecule has 1 heterocycles. The number of Topliss-reactive ketones (excluding diaryl/α,β-unsaturated/α-hetero) is 1. The van der Waals surface area contributed by atoms with Gasteiger partial charge in [-0.1, -0.05) is 0 Å². The summed E-state index contributed by atoms with van der Waals surface area (Å²) >= 11 is 0. The molecule has 4 nitrogen and oxygen atoms in total. The Labute approximate surface area is 64.8 Å². The quantitative estimate of drug-likeness (QED) is 0.612. The van der Waals surface area contributed by atoms with Gasteiger partial charge in [0.05, 0.1) is 0 Å². The number of nitrogens with one attached hydrogen (secondary N) is 1. The Morgan fingerprint density at radius 1 is 1.73 bits per heavy atom. The molecule has 0 bridgehead atoms. The molecule has 0 saturated heterocycles. The monoisotopic (exact) mass is 153 g/mol. The highest BCUT2D eigenvalue weighted by Crippen LogP contribution is 1.97. The van der Waals surface area contributed by atoms with E-state index in [4.69, 9.17) is 5.73 Å². The molecule has 0 unspecified atom stereocenters. The SMILES string of the molecule is NCCCC(=O)c1ncc[nH]1. The van der Waals surface area contributed by atoms with Gasteiger partial charge in [0.1, 0.15) is 0 Å². The number of carbonyl (C=O) groups is 1. The summed E-state index contributed by atoms with van der Waals surface area (Å²) in [7, 11) is 0. The molecule has 0 aliphatic heterocycles. The van der Waals surface area contributed by atoms with E-state index in [1.165, 1.54) is 0 Å². The van der Waals surface area contributed by atoms with Crippen molar-refractivity contribution in [3.63, 3.8) is 0 Å². The van der Waals surface area contributed by atoms with Crippen molar-refractivity contribution in [2.24, 2.45) is 5.73 Å². The van der Waals surface area contributed by atoms with Gasteiger partial charge in [-0.05, 0) is 13.0 Å². The van der Waals surface area contributed by atoms with E-state index in [-0.39, 0.29) is 5.78 Å². The summed E-state index contributed by atoms with van der Waals surface area (Å²) in [6, 6.07) is 0. The summed E-state index contributed by atoms with van der Waals surface area (Å²) < 4.78 is 0. The Bertz CT molecular complexity index is 218. The van der Waals surface area contributed by atoms with Crippen LogP contribution in [0.25, 0.3) is 0 Å². The zero-order valence-corrected chi connectivity index (χ0v) is 6.21. The molecule has 0 aliphatic rings. The van der Waals surface area contributed by atoms with Crippen molar-refractivity contribution in [2.75, 3.05) is 6.54 Å². The van der Waals surface area contributed by atoms with E-state index < -0.39 is 0 Å². The number of H-pyrrole nitrogens is 1. The summed E-state index contributed by atoms with van der Waals surface area (Å²) in [6.45, 7) is 0.548. The van der Waals surface area contributed by atoms with Gasteiger partial charge in [-0.2, -0.15) is 0 Å². The number of carbonyl (C=O) groups excluding carboxylic acids is 1. The lowest BCUT2D eigenvalue weighted by Gasteiger charge is -1.93. The number of imidazole rings is 1. The largest absolute Gasteiger partial charge is 0.342 e. The van der Waals surface area contributed by atoms with Crippen molar-refractivity contribution in [3.05, 3.63) is 18.2 Å². The number of hydrogen-bond donors (Lipinski definition) is 2. The molecule has 0 fully saturated rings. The first-order valence-electron chi connectivity index (χ1n) is 3.57. The van der Waals surface area contributed by atoms with Crippen molar-refractivity contribution >= 4 is 5.78 Å². The number of hydrogen-bond acceptors (Lipinski definition) is 3. The lowest BCUT2D eigenvalue weighted by Crippen LogP contribution is -2.06. The lowest BCUT2D eigenvalue weighted by atomic mass is 10.2. The van der Waals surface area contributed by atoms with E-state index in [1.54, 1.807) is 12.4 Å². The minimum Gasteiger partial charge on any atom is -0.342 e.